The molecule has 2 unspecified atom stereocenters. The molecule has 0 amide bonds. The van der Waals surface area contributed by atoms with Crippen molar-refractivity contribution in [3.8, 4) is 0 Å². The van der Waals surface area contributed by atoms with Crippen molar-refractivity contribution in [1.82, 2.24) is 0 Å². The maximum atomic E-state index is 12.7. The molecule has 1 aliphatic rings. The number of rotatable bonds is 16. The van der Waals surface area contributed by atoms with Crippen LogP contribution >= 0.6 is 0 Å². The van der Waals surface area contributed by atoms with E-state index in [1.54, 1.807) is 6.26 Å². The fourth-order valence-electron chi connectivity index (χ4n) is 4.58. The average molecular weight is 471 g/mol. The van der Waals surface area contributed by atoms with Crippen LogP contribution < -0.4 is 0 Å². The molecule has 184 valence electrons. The van der Waals surface area contributed by atoms with Crippen LogP contribution in [-0.2, 0) is 34.7 Å². The highest BCUT2D eigenvalue weighted by molar-refractivity contribution is 7.84. The average Bonchev–Trinajstić information content (AvgIpc) is 3.02. The van der Waals surface area contributed by atoms with Gasteiger partial charge in [0.15, 0.2) is 6.10 Å². The summed E-state index contributed by atoms with van der Waals surface area (Å²) in [6.07, 6.45) is 15.4. The number of carbonyl (C=O) groups excluding carboxylic acids is 3. The van der Waals surface area contributed by atoms with Crippen LogP contribution in [-0.4, -0.2) is 47.2 Å². The number of allylic oxidation sites excluding steroid dienone is 2. The van der Waals surface area contributed by atoms with Gasteiger partial charge in [0.2, 0.25) is 0 Å². The van der Waals surface area contributed by atoms with Crippen molar-refractivity contribution in [2.24, 2.45) is 17.8 Å². The Morgan fingerprint density at radius 3 is 2.50 bits per heavy atom. The molecule has 0 radical (unpaired) electrons. The molecule has 32 heavy (non-hydrogen) atoms. The number of ketones is 1. The fraction of sp³-hybridized carbons (Fsp3) is 0.800. The number of esters is 2. The summed E-state index contributed by atoms with van der Waals surface area (Å²) in [6, 6.07) is 0. The van der Waals surface area contributed by atoms with E-state index in [9.17, 15) is 18.6 Å². The molecular formula is C25H42O6S. The molecule has 0 heterocycles. The summed E-state index contributed by atoms with van der Waals surface area (Å²) in [7, 11) is 0.366. The summed E-state index contributed by atoms with van der Waals surface area (Å²) in [4.78, 5) is 35.6. The largest absolute Gasteiger partial charge is 0.466 e. The number of Topliss-reactive ketones (excluding diaryl/α,β-unsaturated/α-hetero) is 1. The Balaban J connectivity index is 2.57. The highest BCUT2D eigenvalue weighted by Crippen LogP contribution is 2.39. The number of hydrogen-bond acceptors (Lipinski definition) is 6. The smallest absolute Gasteiger partial charge is 0.347 e. The standard InChI is InChI=1S/C25H42O6S/c1-5-6-7-8-9-11-14-21-20(18-32(4)29)17-23(27)22(21)15-12-10-13-16-24(25(28)30-3)31-19(2)26/h11,14,20-22,24H,5-10,12-13,15-18H2,1-4H3/t20-,21-,22+,24?,32?/m0/s1. The molecule has 0 aromatic carbocycles. The monoisotopic (exact) mass is 470 g/mol. The first-order valence-corrected chi connectivity index (χ1v) is 13.8. The minimum absolute atomic E-state index is 0.0136. The molecule has 0 aromatic rings. The second-order valence-corrected chi connectivity index (χ2v) is 10.4. The predicted octanol–water partition coefficient (Wildman–Crippen LogP) is 4.77. The van der Waals surface area contributed by atoms with Gasteiger partial charge in [0.05, 0.1) is 7.11 Å². The summed E-state index contributed by atoms with van der Waals surface area (Å²) in [5.41, 5.74) is 0. The highest BCUT2D eigenvalue weighted by Gasteiger charge is 2.40. The summed E-state index contributed by atoms with van der Waals surface area (Å²) in [6.45, 7) is 3.48. The first-order chi connectivity index (χ1) is 15.3. The molecule has 0 spiro atoms. The van der Waals surface area contributed by atoms with Gasteiger partial charge in [-0.2, -0.15) is 0 Å². The second kappa shape index (κ2) is 16.2. The van der Waals surface area contributed by atoms with Gasteiger partial charge in [0.25, 0.3) is 0 Å². The Morgan fingerprint density at radius 1 is 1.16 bits per heavy atom. The van der Waals surface area contributed by atoms with E-state index in [-0.39, 0.29) is 23.5 Å². The zero-order chi connectivity index (χ0) is 23.9. The van der Waals surface area contributed by atoms with Crippen LogP contribution in [0.25, 0.3) is 0 Å². The third kappa shape index (κ3) is 10.9. The van der Waals surface area contributed by atoms with Gasteiger partial charge in [0, 0.05) is 42.1 Å². The van der Waals surface area contributed by atoms with E-state index in [4.69, 9.17) is 9.47 Å². The summed E-state index contributed by atoms with van der Waals surface area (Å²) in [5.74, 6) is 0.149. The Bertz CT molecular complexity index is 644. The predicted molar refractivity (Wildman–Crippen MR) is 128 cm³/mol. The fourth-order valence-corrected chi connectivity index (χ4v) is 5.52. The van der Waals surface area contributed by atoms with Crippen molar-refractivity contribution in [2.45, 2.75) is 90.6 Å². The number of methoxy groups -OCH3 is 1. The lowest BCUT2D eigenvalue weighted by Crippen LogP contribution is -2.27. The maximum absolute atomic E-state index is 12.7. The first kappa shape index (κ1) is 28.5. The molecule has 1 aliphatic carbocycles. The highest BCUT2D eigenvalue weighted by atomic mass is 32.2. The molecular weight excluding hydrogens is 428 g/mol. The van der Waals surface area contributed by atoms with Crippen molar-refractivity contribution < 1.29 is 28.1 Å². The van der Waals surface area contributed by atoms with Gasteiger partial charge >= 0.3 is 11.9 Å². The SMILES string of the molecule is CCCCCCC=C[C@H]1[C@H](CS(C)=O)CC(=O)[C@@H]1CCCCCC(OC(C)=O)C(=O)OC. The van der Waals surface area contributed by atoms with Crippen molar-refractivity contribution >= 4 is 28.5 Å². The van der Waals surface area contributed by atoms with Crippen molar-refractivity contribution in [1.29, 1.82) is 0 Å². The van der Waals surface area contributed by atoms with Gasteiger partial charge in [0.1, 0.15) is 5.78 Å². The van der Waals surface area contributed by atoms with Crippen LogP contribution in [0, 0.1) is 17.8 Å². The van der Waals surface area contributed by atoms with Gasteiger partial charge in [-0.1, -0.05) is 51.2 Å². The Labute approximate surface area is 196 Å². The molecule has 5 atom stereocenters. The second-order valence-electron chi connectivity index (χ2n) is 8.89. The van der Waals surface area contributed by atoms with Crippen LogP contribution in [0.2, 0.25) is 0 Å². The lowest BCUT2D eigenvalue weighted by atomic mass is 9.85. The molecule has 0 aliphatic heterocycles. The van der Waals surface area contributed by atoms with Crippen molar-refractivity contribution in [2.75, 3.05) is 19.1 Å². The van der Waals surface area contributed by atoms with Gasteiger partial charge in [-0.05, 0) is 43.9 Å². The molecule has 0 saturated heterocycles. The van der Waals surface area contributed by atoms with Crippen LogP contribution in [0.1, 0.15) is 84.5 Å². The van der Waals surface area contributed by atoms with E-state index in [1.165, 1.54) is 39.7 Å². The Hall–Kier alpha value is -1.50. The van der Waals surface area contributed by atoms with E-state index >= 15 is 0 Å². The van der Waals surface area contributed by atoms with Gasteiger partial charge < -0.3 is 9.47 Å². The van der Waals surface area contributed by atoms with E-state index in [1.807, 2.05) is 0 Å². The molecule has 0 aromatic heterocycles. The van der Waals surface area contributed by atoms with Crippen LogP contribution in [0.15, 0.2) is 12.2 Å². The lowest BCUT2D eigenvalue weighted by Gasteiger charge is -2.20. The molecule has 1 fully saturated rings. The molecule has 0 N–H and O–H groups in total. The van der Waals surface area contributed by atoms with Gasteiger partial charge in [-0.15, -0.1) is 0 Å². The van der Waals surface area contributed by atoms with E-state index in [2.05, 4.69) is 19.1 Å². The zero-order valence-electron chi connectivity index (χ0n) is 20.3. The maximum Gasteiger partial charge on any atom is 0.347 e. The van der Waals surface area contributed by atoms with E-state index in [0.717, 1.165) is 25.7 Å². The van der Waals surface area contributed by atoms with Gasteiger partial charge in [-0.25, -0.2) is 4.79 Å². The zero-order valence-corrected chi connectivity index (χ0v) is 21.1. The number of carbonyl (C=O) groups is 3. The van der Waals surface area contributed by atoms with Crippen LogP contribution in [0.3, 0.4) is 0 Å². The quantitative estimate of drug-likeness (QED) is 0.183. The minimum atomic E-state index is -0.914. The summed E-state index contributed by atoms with van der Waals surface area (Å²) < 4.78 is 21.6. The minimum Gasteiger partial charge on any atom is -0.466 e. The number of unbranched alkanes of at least 4 members (excludes halogenated alkanes) is 6. The van der Waals surface area contributed by atoms with Gasteiger partial charge in [-0.3, -0.25) is 13.8 Å². The Morgan fingerprint density at radius 2 is 1.88 bits per heavy atom. The van der Waals surface area contributed by atoms with Crippen molar-refractivity contribution in [3.05, 3.63) is 12.2 Å². The molecule has 1 rings (SSSR count). The Kier molecular flexibility index (Phi) is 14.4. The summed E-state index contributed by atoms with van der Waals surface area (Å²) in [5, 5.41) is 0. The van der Waals surface area contributed by atoms with Crippen LogP contribution in [0.4, 0.5) is 0 Å². The third-order valence-corrected chi connectivity index (χ3v) is 7.07. The van der Waals surface area contributed by atoms with E-state index < -0.39 is 28.8 Å². The normalized spacial score (nSPS) is 22.8. The number of ether oxygens (including phenoxy) is 2. The number of hydrogen-bond donors (Lipinski definition) is 0. The molecule has 1 saturated carbocycles. The molecule has 0 bridgehead atoms. The first-order valence-electron chi connectivity index (χ1n) is 12.0. The topological polar surface area (TPSA) is 86.7 Å². The lowest BCUT2D eigenvalue weighted by molar-refractivity contribution is -0.165. The van der Waals surface area contributed by atoms with E-state index in [0.29, 0.717) is 25.0 Å². The summed E-state index contributed by atoms with van der Waals surface area (Å²) >= 11 is 0. The third-order valence-electron chi connectivity index (χ3n) is 6.17. The molecule has 6 nitrogen and oxygen atoms in total. The molecule has 7 heteroatoms. The van der Waals surface area contributed by atoms with Crippen LogP contribution in [0.5, 0.6) is 0 Å². The van der Waals surface area contributed by atoms with Crippen molar-refractivity contribution in [3.63, 3.8) is 0 Å².